The molecule has 0 aromatic carbocycles. The second kappa shape index (κ2) is 5.96. The molecule has 1 unspecified atom stereocenters. The summed E-state index contributed by atoms with van der Waals surface area (Å²) < 4.78 is 1.18. The molecule has 0 fully saturated rings. The third-order valence-electron chi connectivity index (χ3n) is 2.44. The van der Waals surface area contributed by atoms with E-state index in [1.165, 1.54) is 14.2 Å². The van der Waals surface area contributed by atoms with Crippen molar-refractivity contribution in [2.45, 2.75) is 25.9 Å². The fraction of sp³-hybridized carbons (Fsp3) is 0.333. The summed E-state index contributed by atoms with van der Waals surface area (Å²) in [5, 5.41) is 7.87. The van der Waals surface area contributed by atoms with Crippen LogP contribution in [0.4, 0.5) is 0 Å². The van der Waals surface area contributed by atoms with Crippen molar-refractivity contribution in [2.75, 3.05) is 0 Å². The maximum atomic E-state index is 3.60. The first kappa shape index (κ1) is 12.3. The van der Waals surface area contributed by atoms with Gasteiger partial charge in [0.2, 0.25) is 0 Å². The Balaban J connectivity index is 1.93. The summed E-state index contributed by atoms with van der Waals surface area (Å²) in [4.78, 5) is 2.81. The highest BCUT2D eigenvalue weighted by Crippen LogP contribution is 2.24. The van der Waals surface area contributed by atoms with Crippen LogP contribution >= 0.6 is 38.6 Å². The number of hydrogen-bond acceptors (Lipinski definition) is 3. The van der Waals surface area contributed by atoms with E-state index in [9.17, 15) is 0 Å². The Hall–Kier alpha value is -0.160. The highest BCUT2D eigenvalue weighted by atomic mass is 79.9. The molecular weight excluding hydrogens is 302 g/mol. The minimum Gasteiger partial charge on any atom is -0.304 e. The molecule has 0 aliphatic carbocycles. The predicted molar refractivity (Wildman–Crippen MR) is 76.2 cm³/mol. The molecule has 2 heterocycles. The quantitative estimate of drug-likeness (QED) is 0.834. The molecule has 0 aliphatic rings. The zero-order chi connectivity index (χ0) is 11.4. The van der Waals surface area contributed by atoms with Gasteiger partial charge < -0.3 is 5.32 Å². The van der Waals surface area contributed by atoms with E-state index in [-0.39, 0.29) is 0 Å². The topological polar surface area (TPSA) is 12.0 Å². The predicted octanol–water partition coefficient (Wildman–Crippen LogP) is 4.81. The van der Waals surface area contributed by atoms with E-state index >= 15 is 0 Å². The van der Waals surface area contributed by atoms with Gasteiger partial charge in [0.15, 0.2) is 0 Å². The Bertz CT molecular complexity index is 422. The minimum absolute atomic E-state index is 0.487. The van der Waals surface area contributed by atoms with Crippen LogP contribution in [0.1, 0.15) is 29.1 Å². The van der Waals surface area contributed by atoms with E-state index in [1.54, 1.807) is 11.3 Å². The Morgan fingerprint density at radius 1 is 1.44 bits per heavy atom. The third-order valence-corrected chi connectivity index (χ3v) is 5.12. The van der Waals surface area contributed by atoms with E-state index in [4.69, 9.17) is 0 Å². The Kier molecular flexibility index (Phi) is 4.58. The van der Waals surface area contributed by atoms with E-state index in [2.05, 4.69) is 57.1 Å². The van der Waals surface area contributed by atoms with Crippen LogP contribution in [0, 0.1) is 0 Å². The molecular formula is C12H14BrNS2. The first-order valence-electron chi connectivity index (χ1n) is 5.29. The number of nitrogens with one attached hydrogen (secondary N) is 1. The lowest BCUT2D eigenvalue weighted by molar-refractivity contribution is 0.529. The molecule has 0 amide bonds. The highest BCUT2D eigenvalue weighted by Gasteiger charge is 2.09. The van der Waals surface area contributed by atoms with Gasteiger partial charge in [-0.05, 0) is 39.9 Å². The Morgan fingerprint density at radius 3 is 2.88 bits per heavy atom. The summed E-state index contributed by atoms with van der Waals surface area (Å²) in [6.07, 6.45) is 1.13. The monoisotopic (exact) mass is 315 g/mol. The molecule has 2 rings (SSSR count). The van der Waals surface area contributed by atoms with E-state index in [0.717, 1.165) is 13.0 Å². The van der Waals surface area contributed by atoms with Crippen molar-refractivity contribution in [2.24, 2.45) is 0 Å². The van der Waals surface area contributed by atoms with E-state index in [0.29, 0.717) is 6.04 Å². The lowest BCUT2D eigenvalue weighted by Crippen LogP contribution is -2.18. The first-order chi connectivity index (χ1) is 7.79. The molecule has 4 heteroatoms. The molecule has 0 bridgehead atoms. The summed E-state index contributed by atoms with van der Waals surface area (Å²) in [5.41, 5.74) is 0. The summed E-state index contributed by atoms with van der Waals surface area (Å²) in [6.45, 7) is 3.17. The van der Waals surface area contributed by atoms with Gasteiger partial charge in [0.1, 0.15) is 0 Å². The molecule has 16 heavy (non-hydrogen) atoms. The molecule has 0 saturated heterocycles. The van der Waals surface area contributed by atoms with Crippen LogP contribution in [0.5, 0.6) is 0 Å². The average molecular weight is 316 g/mol. The lowest BCUT2D eigenvalue weighted by atomic mass is 10.2. The van der Waals surface area contributed by atoms with Crippen LogP contribution in [0.2, 0.25) is 0 Å². The fourth-order valence-corrected chi connectivity index (χ4v) is 3.89. The van der Waals surface area contributed by atoms with Crippen molar-refractivity contribution in [3.8, 4) is 0 Å². The number of halogens is 1. The molecule has 0 spiro atoms. The van der Waals surface area contributed by atoms with Gasteiger partial charge in [0.05, 0.1) is 0 Å². The van der Waals surface area contributed by atoms with Crippen LogP contribution in [0.3, 0.4) is 0 Å². The third kappa shape index (κ3) is 3.17. The summed E-state index contributed by atoms with van der Waals surface area (Å²) >= 11 is 7.10. The number of rotatable bonds is 5. The zero-order valence-electron chi connectivity index (χ0n) is 9.07. The molecule has 1 atom stereocenters. The van der Waals surface area contributed by atoms with Gasteiger partial charge in [-0.15, -0.1) is 22.7 Å². The van der Waals surface area contributed by atoms with Crippen LogP contribution in [-0.4, -0.2) is 0 Å². The molecule has 2 aromatic rings. The van der Waals surface area contributed by atoms with Gasteiger partial charge in [-0.2, -0.15) is 0 Å². The van der Waals surface area contributed by atoms with Gasteiger partial charge in [-0.1, -0.05) is 13.0 Å². The number of hydrogen-bond donors (Lipinski definition) is 1. The van der Waals surface area contributed by atoms with Crippen LogP contribution < -0.4 is 5.32 Å². The van der Waals surface area contributed by atoms with Crippen LogP contribution in [0.25, 0.3) is 0 Å². The van der Waals surface area contributed by atoms with Gasteiger partial charge in [0.25, 0.3) is 0 Å². The zero-order valence-corrected chi connectivity index (χ0v) is 12.3. The van der Waals surface area contributed by atoms with Crippen molar-refractivity contribution < 1.29 is 0 Å². The smallest absolute Gasteiger partial charge is 0.0415 e. The second-order valence-corrected chi connectivity index (χ2v) is 6.48. The van der Waals surface area contributed by atoms with Crippen molar-refractivity contribution in [1.29, 1.82) is 0 Å². The van der Waals surface area contributed by atoms with Gasteiger partial charge >= 0.3 is 0 Å². The van der Waals surface area contributed by atoms with Crippen molar-refractivity contribution in [3.05, 3.63) is 43.2 Å². The first-order valence-corrected chi connectivity index (χ1v) is 7.84. The Morgan fingerprint density at radius 2 is 2.31 bits per heavy atom. The van der Waals surface area contributed by atoms with Gasteiger partial charge in [-0.3, -0.25) is 0 Å². The lowest BCUT2D eigenvalue weighted by Gasteiger charge is -2.14. The molecule has 0 radical (unpaired) electrons. The normalized spacial score (nSPS) is 12.9. The summed E-state index contributed by atoms with van der Waals surface area (Å²) in [6, 6.07) is 6.99. The van der Waals surface area contributed by atoms with Gasteiger partial charge in [-0.25, -0.2) is 0 Å². The molecule has 2 aromatic heterocycles. The highest BCUT2D eigenvalue weighted by molar-refractivity contribution is 9.10. The SMILES string of the molecule is CCC(NCc1cc(Br)cs1)c1cccs1. The maximum Gasteiger partial charge on any atom is 0.0415 e. The number of thiophene rings is 2. The molecule has 0 saturated carbocycles. The molecule has 0 aliphatic heterocycles. The van der Waals surface area contributed by atoms with Crippen molar-refractivity contribution in [1.82, 2.24) is 5.32 Å². The molecule has 1 N–H and O–H groups in total. The molecule has 86 valence electrons. The van der Waals surface area contributed by atoms with Crippen molar-refractivity contribution in [3.63, 3.8) is 0 Å². The van der Waals surface area contributed by atoms with Crippen LogP contribution in [-0.2, 0) is 6.54 Å². The molecule has 1 nitrogen and oxygen atoms in total. The fourth-order valence-electron chi connectivity index (χ4n) is 1.61. The Labute approximate surface area is 113 Å². The standard InChI is InChI=1S/C12H14BrNS2/c1-2-11(12-4-3-5-15-12)14-7-10-6-9(13)8-16-10/h3-6,8,11,14H,2,7H2,1H3. The summed E-state index contributed by atoms with van der Waals surface area (Å²) in [5.74, 6) is 0. The van der Waals surface area contributed by atoms with Gasteiger partial charge in [0, 0.05) is 32.2 Å². The maximum absolute atomic E-state index is 3.60. The minimum atomic E-state index is 0.487. The van der Waals surface area contributed by atoms with Crippen LogP contribution in [0.15, 0.2) is 33.4 Å². The van der Waals surface area contributed by atoms with Crippen molar-refractivity contribution >= 4 is 38.6 Å². The van der Waals surface area contributed by atoms with E-state index in [1.807, 2.05) is 11.3 Å². The summed E-state index contributed by atoms with van der Waals surface area (Å²) in [7, 11) is 0. The largest absolute Gasteiger partial charge is 0.304 e. The van der Waals surface area contributed by atoms with E-state index < -0.39 is 0 Å². The average Bonchev–Trinajstić information content (AvgIpc) is 2.91. The second-order valence-electron chi connectivity index (χ2n) is 3.59.